The van der Waals surface area contributed by atoms with E-state index in [1.54, 1.807) is 51.1 Å². The van der Waals surface area contributed by atoms with Crippen LogP contribution in [0, 0.1) is 5.92 Å². The van der Waals surface area contributed by atoms with Gasteiger partial charge in [0, 0.05) is 6.42 Å². The summed E-state index contributed by atoms with van der Waals surface area (Å²) in [5.74, 6) is -2.88. The van der Waals surface area contributed by atoms with E-state index < -0.39 is 46.6 Å². The quantitative estimate of drug-likeness (QED) is 0.509. The Balaban J connectivity index is 3.22. The zero-order valence-corrected chi connectivity index (χ0v) is 16.1. The van der Waals surface area contributed by atoms with Crippen LogP contribution in [0.25, 0.3) is 0 Å². The Labute approximate surface area is 154 Å². The number of carbonyl (C=O) groups is 1. The summed E-state index contributed by atoms with van der Waals surface area (Å²) in [6.45, 7) is 6.61. The highest BCUT2D eigenvalue weighted by Crippen LogP contribution is 2.33. The molecule has 0 radical (unpaired) electrons. The first-order valence-electron chi connectivity index (χ1n) is 8.22. The fourth-order valence-electron chi connectivity index (χ4n) is 2.03. The maximum Gasteiger partial charge on any atom is 0.392 e. The molecule has 0 saturated carbocycles. The van der Waals surface area contributed by atoms with Gasteiger partial charge in [0.25, 0.3) is 0 Å². The highest BCUT2D eigenvalue weighted by Gasteiger charge is 2.42. The van der Waals surface area contributed by atoms with Crippen LogP contribution in [0.2, 0.25) is 0 Å². The molecule has 0 aromatic heterocycles. The molecule has 0 N–H and O–H groups in total. The number of esters is 1. The van der Waals surface area contributed by atoms with Crippen molar-refractivity contribution in [2.24, 2.45) is 10.3 Å². The van der Waals surface area contributed by atoms with E-state index in [1.165, 1.54) is 6.92 Å². The van der Waals surface area contributed by atoms with Crippen LogP contribution in [-0.2, 0) is 20.5 Å². The number of ether oxygens (including phenoxy) is 1. The lowest BCUT2D eigenvalue weighted by Crippen LogP contribution is -2.30. The molecule has 1 aromatic rings. The van der Waals surface area contributed by atoms with Crippen molar-refractivity contribution >= 4 is 22.7 Å². The Morgan fingerprint density at radius 1 is 1.15 bits per heavy atom. The van der Waals surface area contributed by atoms with E-state index in [1.807, 2.05) is 0 Å². The molecule has 146 valence electrons. The van der Waals surface area contributed by atoms with E-state index in [0.29, 0.717) is 5.56 Å². The fourth-order valence-corrected chi connectivity index (χ4v) is 2.69. The van der Waals surface area contributed by atoms with Gasteiger partial charge >= 0.3 is 12.1 Å². The lowest BCUT2D eigenvalue weighted by atomic mass is 9.94. The summed E-state index contributed by atoms with van der Waals surface area (Å²) in [4.78, 5) is 11.6. The van der Waals surface area contributed by atoms with Crippen molar-refractivity contribution in [3.63, 3.8) is 0 Å². The van der Waals surface area contributed by atoms with Crippen molar-refractivity contribution in [1.29, 1.82) is 0 Å². The van der Waals surface area contributed by atoms with E-state index in [2.05, 4.69) is 9.13 Å². The van der Waals surface area contributed by atoms with Gasteiger partial charge in [0.1, 0.15) is 11.0 Å². The molecule has 2 unspecified atom stereocenters. The Bertz CT molecular complexity index is 652. The van der Waals surface area contributed by atoms with Crippen LogP contribution in [-0.4, -0.2) is 33.4 Å². The third-order valence-corrected chi connectivity index (χ3v) is 4.88. The largest absolute Gasteiger partial charge is 0.466 e. The Hall–Kier alpha value is -1.70. The summed E-state index contributed by atoms with van der Waals surface area (Å²) in [5.41, 5.74) is 0.508. The molecule has 0 aliphatic heterocycles. The molecule has 4 nitrogen and oxygen atoms in total. The van der Waals surface area contributed by atoms with Crippen LogP contribution in [0.15, 0.2) is 34.7 Å². The number of hydrogen-bond acceptors (Lipinski definition) is 3. The van der Waals surface area contributed by atoms with E-state index in [4.69, 9.17) is 0 Å². The smallest absolute Gasteiger partial charge is 0.392 e. The van der Waals surface area contributed by atoms with Gasteiger partial charge in [-0.1, -0.05) is 30.3 Å². The summed E-state index contributed by atoms with van der Waals surface area (Å²) in [6, 6.07) is 8.27. The van der Waals surface area contributed by atoms with Gasteiger partial charge in [-0.15, -0.1) is 0 Å². The molecule has 0 saturated heterocycles. The Morgan fingerprint density at radius 2 is 1.73 bits per heavy atom. The fraction of sp³-hybridized carbons (Fsp3) is 0.556. The maximum atomic E-state index is 13.4. The van der Waals surface area contributed by atoms with Gasteiger partial charge in [-0.3, -0.25) is 4.79 Å². The van der Waals surface area contributed by atoms with Gasteiger partial charge in [-0.25, -0.2) is 4.21 Å². The molecule has 26 heavy (non-hydrogen) atoms. The van der Waals surface area contributed by atoms with E-state index in [0.717, 1.165) is 0 Å². The minimum absolute atomic E-state index is 0.0110. The third kappa shape index (κ3) is 7.27. The molecule has 0 aliphatic carbocycles. The number of rotatable bonds is 7. The lowest BCUT2D eigenvalue weighted by molar-refractivity contribution is -0.182. The van der Waals surface area contributed by atoms with Crippen LogP contribution in [0.4, 0.5) is 13.2 Å². The first-order valence-corrected chi connectivity index (χ1v) is 9.33. The molecule has 8 heteroatoms. The normalized spacial score (nSPS) is 15.4. The molecule has 1 rings (SSSR count). The summed E-state index contributed by atoms with van der Waals surface area (Å²) in [7, 11) is -1.72. The minimum atomic E-state index is -4.61. The van der Waals surface area contributed by atoms with Crippen molar-refractivity contribution < 1.29 is 26.9 Å². The van der Waals surface area contributed by atoms with E-state index in [-0.39, 0.29) is 12.3 Å². The van der Waals surface area contributed by atoms with Crippen molar-refractivity contribution in [1.82, 2.24) is 0 Å². The highest BCUT2D eigenvalue weighted by molar-refractivity contribution is 7.85. The van der Waals surface area contributed by atoms with Gasteiger partial charge in [-0.2, -0.15) is 17.6 Å². The SMILES string of the molecule is CCOC(=O)CC(CC(=NS(=O)C(C)(C)C)c1ccccc1)C(F)(F)F. The third-order valence-electron chi connectivity index (χ3n) is 3.45. The molecule has 0 aliphatic rings. The van der Waals surface area contributed by atoms with Crippen molar-refractivity contribution in [3.8, 4) is 0 Å². The van der Waals surface area contributed by atoms with Gasteiger partial charge < -0.3 is 4.74 Å². The topological polar surface area (TPSA) is 55.7 Å². The summed E-state index contributed by atoms with van der Waals surface area (Å²) >= 11 is 0. The summed E-state index contributed by atoms with van der Waals surface area (Å²) in [5, 5.41) is 0. The molecule has 1 aromatic carbocycles. The molecule has 0 amide bonds. The first-order chi connectivity index (χ1) is 11.9. The minimum Gasteiger partial charge on any atom is -0.466 e. The van der Waals surface area contributed by atoms with Crippen LogP contribution in [0.5, 0.6) is 0 Å². The number of nitrogens with zero attached hydrogens (tertiary/aromatic N) is 1. The predicted octanol–water partition coefficient (Wildman–Crippen LogP) is 4.46. The van der Waals surface area contributed by atoms with E-state index >= 15 is 0 Å². The second kappa shape index (κ2) is 9.30. The maximum absolute atomic E-state index is 13.4. The second-order valence-corrected chi connectivity index (χ2v) is 8.62. The van der Waals surface area contributed by atoms with Crippen LogP contribution < -0.4 is 0 Å². The van der Waals surface area contributed by atoms with Crippen molar-refractivity contribution in [2.45, 2.75) is 51.5 Å². The monoisotopic (exact) mass is 391 g/mol. The number of carbonyl (C=O) groups excluding carboxylic acids is 1. The molecule has 0 fully saturated rings. The average molecular weight is 391 g/mol. The van der Waals surface area contributed by atoms with Crippen LogP contribution in [0.3, 0.4) is 0 Å². The second-order valence-electron chi connectivity index (χ2n) is 6.72. The van der Waals surface area contributed by atoms with Crippen LogP contribution in [0.1, 0.15) is 46.1 Å². The van der Waals surface area contributed by atoms with Crippen molar-refractivity contribution in [2.75, 3.05) is 6.61 Å². The number of hydrogen-bond donors (Lipinski definition) is 0. The zero-order valence-electron chi connectivity index (χ0n) is 15.3. The first kappa shape index (κ1) is 22.3. The van der Waals surface area contributed by atoms with Gasteiger partial charge in [0.2, 0.25) is 0 Å². The zero-order chi connectivity index (χ0) is 20.0. The summed E-state index contributed by atoms with van der Waals surface area (Å²) < 4.78 is 60.6. The van der Waals surface area contributed by atoms with Gasteiger partial charge in [0.15, 0.2) is 0 Å². The lowest BCUT2D eigenvalue weighted by Gasteiger charge is -2.21. The predicted molar refractivity (Wildman–Crippen MR) is 96.3 cm³/mol. The van der Waals surface area contributed by atoms with Crippen molar-refractivity contribution in [3.05, 3.63) is 35.9 Å². The van der Waals surface area contributed by atoms with Gasteiger partial charge in [-0.05, 0) is 33.3 Å². The molecular formula is C18H24F3NO3S. The number of alkyl halides is 3. The average Bonchev–Trinajstić information content (AvgIpc) is 2.52. The summed E-state index contributed by atoms with van der Waals surface area (Å²) in [6.07, 6.45) is -5.95. The Kier molecular flexibility index (Phi) is 7.99. The number of benzene rings is 1. The molecule has 2 atom stereocenters. The van der Waals surface area contributed by atoms with Gasteiger partial charge in [0.05, 0.1) is 29.4 Å². The highest BCUT2D eigenvalue weighted by atomic mass is 32.2. The molecule has 0 bridgehead atoms. The molecule has 0 spiro atoms. The number of halogens is 3. The van der Waals surface area contributed by atoms with Crippen LogP contribution >= 0.6 is 0 Å². The molecular weight excluding hydrogens is 367 g/mol. The molecule has 0 heterocycles. The standard InChI is InChI=1S/C18H24F3NO3S/c1-5-25-16(23)12-14(18(19,20)21)11-15(13-9-7-6-8-10-13)22-26(24)17(2,3)4/h6-10,14H,5,11-12H2,1-4H3. The Morgan fingerprint density at radius 3 is 2.19 bits per heavy atom. The van der Waals surface area contributed by atoms with E-state index in [9.17, 15) is 22.2 Å².